The average molecular weight is 352 g/mol. The monoisotopic (exact) mass is 351 g/mol. The van der Waals surface area contributed by atoms with E-state index < -0.39 is 5.60 Å². The van der Waals surface area contributed by atoms with Crippen molar-refractivity contribution in [3.63, 3.8) is 0 Å². The van der Waals surface area contributed by atoms with E-state index in [-0.39, 0.29) is 18.4 Å². The molecule has 0 saturated heterocycles. The van der Waals surface area contributed by atoms with Crippen LogP contribution in [0, 0.1) is 0 Å². The first-order valence-electron chi connectivity index (χ1n) is 7.22. The van der Waals surface area contributed by atoms with Crippen LogP contribution in [0.1, 0.15) is 21.5 Å². The van der Waals surface area contributed by atoms with Gasteiger partial charge in [0.1, 0.15) is 0 Å². The second-order valence-electron chi connectivity index (χ2n) is 5.96. The van der Waals surface area contributed by atoms with Crippen LogP contribution >= 0.6 is 24.0 Å². The van der Waals surface area contributed by atoms with Crippen LogP contribution in [0.25, 0.3) is 0 Å². The van der Waals surface area contributed by atoms with E-state index in [0.29, 0.717) is 23.6 Å². The molecule has 1 aliphatic rings. The Hall–Kier alpha value is -1.55. The molecule has 0 radical (unpaired) electrons. The van der Waals surface area contributed by atoms with Crippen LogP contribution in [0.4, 0.5) is 0 Å². The molecule has 122 valence electrons. The maximum Gasteiger partial charge on any atom is 0.339 e. The van der Waals surface area contributed by atoms with Crippen LogP contribution in [0.2, 0.25) is 5.02 Å². The minimum absolute atomic E-state index is 0. The van der Waals surface area contributed by atoms with E-state index in [0.717, 1.165) is 11.1 Å². The smallest absolute Gasteiger partial charge is 0.339 e. The number of nitrogens with zero attached hydrogens (tertiary/aromatic N) is 1. The van der Waals surface area contributed by atoms with Crippen molar-refractivity contribution in [2.24, 2.45) is 0 Å². The Morgan fingerprint density at radius 3 is 2.43 bits per heavy atom. The van der Waals surface area contributed by atoms with Gasteiger partial charge in [0.15, 0.2) is 5.60 Å². The summed E-state index contributed by atoms with van der Waals surface area (Å²) in [6.07, 6.45) is 0.661. The number of hydrogen-bond acceptors (Lipinski definition) is 3. The molecule has 0 saturated carbocycles. The highest BCUT2D eigenvalue weighted by molar-refractivity contribution is 6.30. The summed E-state index contributed by atoms with van der Waals surface area (Å²) >= 11 is 5.99. The van der Waals surface area contributed by atoms with Crippen molar-refractivity contribution in [1.82, 2.24) is 4.90 Å². The van der Waals surface area contributed by atoms with Crippen LogP contribution in [-0.2, 0) is 16.8 Å². The molecule has 1 atom stereocenters. The van der Waals surface area contributed by atoms with Gasteiger partial charge in [-0.25, -0.2) is 4.79 Å². The van der Waals surface area contributed by atoms with E-state index in [2.05, 4.69) is 0 Å². The molecular weight excluding hydrogens is 333 g/mol. The van der Waals surface area contributed by atoms with Gasteiger partial charge in [0.25, 0.3) is 0 Å². The summed E-state index contributed by atoms with van der Waals surface area (Å²) in [6.45, 7) is 0.620. The maximum atomic E-state index is 12.5. The summed E-state index contributed by atoms with van der Waals surface area (Å²) < 4.78 is 5.91. The molecule has 0 N–H and O–H groups in total. The van der Waals surface area contributed by atoms with Gasteiger partial charge in [-0.15, -0.1) is 12.4 Å². The molecule has 0 fully saturated rings. The first-order valence-corrected chi connectivity index (χ1v) is 7.60. The number of esters is 1. The Morgan fingerprint density at radius 2 is 1.78 bits per heavy atom. The van der Waals surface area contributed by atoms with Crippen LogP contribution in [0.15, 0.2) is 48.5 Å². The minimum atomic E-state index is -0.681. The van der Waals surface area contributed by atoms with Gasteiger partial charge in [-0.05, 0) is 43.4 Å². The van der Waals surface area contributed by atoms with Crippen molar-refractivity contribution in [2.45, 2.75) is 12.0 Å². The summed E-state index contributed by atoms with van der Waals surface area (Å²) in [7, 11) is 3.96. The highest BCUT2D eigenvalue weighted by Crippen LogP contribution is 2.37. The molecule has 2 aromatic carbocycles. The lowest BCUT2D eigenvalue weighted by molar-refractivity contribution is -0.0397. The third-order valence-corrected chi connectivity index (χ3v) is 4.20. The van der Waals surface area contributed by atoms with E-state index in [9.17, 15) is 4.79 Å². The summed E-state index contributed by atoms with van der Waals surface area (Å²) in [5, 5.41) is 0.672. The van der Waals surface area contributed by atoms with Crippen molar-refractivity contribution in [3.05, 3.63) is 70.2 Å². The van der Waals surface area contributed by atoms with Crippen molar-refractivity contribution in [2.75, 3.05) is 20.6 Å². The van der Waals surface area contributed by atoms with E-state index in [4.69, 9.17) is 16.3 Å². The molecule has 0 spiro atoms. The van der Waals surface area contributed by atoms with Crippen molar-refractivity contribution >= 4 is 30.0 Å². The Kier molecular flexibility index (Phi) is 5.35. The number of carbonyl (C=O) groups excluding carboxylic acids is 1. The molecule has 1 unspecified atom stereocenters. The SMILES string of the molecule is CN(C)CC1(c2ccc(Cl)cc2)Cc2ccccc2C(=O)O1.Cl. The Bertz CT molecular complexity index is 700. The maximum absolute atomic E-state index is 12.5. The molecule has 1 heterocycles. The Labute approximate surface area is 147 Å². The standard InChI is InChI=1S/C18H18ClNO2.ClH/c1-20(2)12-18(14-7-9-15(19)10-8-14)11-13-5-3-4-6-16(13)17(21)22-18;/h3-10H,11-12H2,1-2H3;1H. The first-order chi connectivity index (χ1) is 10.5. The molecule has 0 bridgehead atoms. The van der Waals surface area contributed by atoms with E-state index in [1.807, 2.05) is 67.5 Å². The van der Waals surface area contributed by atoms with Gasteiger partial charge in [0, 0.05) is 18.0 Å². The molecule has 23 heavy (non-hydrogen) atoms. The van der Waals surface area contributed by atoms with Gasteiger partial charge in [0.2, 0.25) is 0 Å². The zero-order chi connectivity index (χ0) is 15.7. The van der Waals surface area contributed by atoms with Gasteiger partial charge in [-0.3, -0.25) is 0 Å². The molecular formula is C18H19Cl2NO2. The molecule has 0 amide bonds. The van der Waals surface area contributed by atoms with Gasteiger partial charge in [-0.1, -0.05) is 41.9 Å². The molecule has 0 aliphatic carbocycles. The Balaban J connectivity index is 0.00000192. The van der Waals surface area contributed by atoms with Gasteiger partial charge in [0.05, 0.1) is 5.56 Å². The fourth-order valence-electron chi connectivity index (χ4n) is 3.05. The summed E-state index contributed by atoms with van der Waals surface area (Å²) in [6, 6.07) is 15.2. The zero-order valence-corrected chi connectivity index (χ0v) is 14.7. The van der Waals surface area contributed by atoms with E-state index >= 15 is 0 Å². The van der Waals surface area contributed by atoms with Crippen molar-refractivity contribution < 1.29 is 9.53 Å². The molecule has 5 heteroatoms. The highest BCUT2D eigenvalue weighted by atomic mass is 35.5. The number of rotatable bonds is 3. The highest BCUT2D eigenvalue weighted by Gasteiger charge is 2.42. The number of carbonyl (C=O) groups is 1. The molecule has 3 rings (SSSR count). The second-order valence-corrected chi connectivity index (χ2v) is 6.40. The fraction of sp³-hybridized carbons (Fsp3) is 0.278. The lowest BCUT2D eigenvalue weighted by atomic mass is 9.83. The summed E-state index contributed by atoms with van der Waals surface area (Å²) in [5.41, 5.74) is 1.97. The van der Waals surface area contributed by atoms with Crippen LogP contribution < -0.4 is 0 Å². The quantitative estimate of drug-likeness (QED) is 0.784. The zero-order valence-electron chi connectivity index (χ0n) is 13.1. The van der Waals surface area contributed by atoms with Crippen molar-refractivity contribution in [3.8, 4) is 0 Å². The molecule has 1 aliphatic heterocycles. The largest absolute Gasteiger partial charge is 0.449 e. The topological polar surface area (TPSA) is 29.5 Å². The van der Waals surface area contributed by atoms with Crippen LogP contribution in [-0.4, -0.2) is 31.5 Å². The lowest BCUT2D eigenvalue weighted by Crippen LogP contribution is -2.46. The van der Waals surface area contributed by atoms with Gasteiger partial charge in [-0.2, -0.15) is 0 Å². The van der Waals surface area contributed by atoms with E-state index in [1.54, 1.807) is 0 Å². The second kappa shape index (κ2) is 6.91. The Morgan fingerprint density at radius 1 is 1.13 bits per heavy atom. The first kappa shape index (κ1) is 17.8. The van der Waals surface area contributed by atoms with Gasteiger partial charge >= 0.3 is 5.97 Å². The number of likely N-dealkylation sites (N-methyl/N-ethyl adjacent to an activating group) is 1. The lowest BCUT2D eigenvalue weighted by Gasteiger charge is -2.39. The number of fused-ring (bicyclic) bond motifs is 1. The van der Waals surface area contributed by atoms with Gasteiger partial charge < -0.3 is 9.64 Å². The van der Waals surface area contributed by atoms with Crippen LogP contribution in [0.3, 0.4) is 0 Å². The predicted octanol–water partition coefficient (Wildman–Crippen LogP) is 3.93. The number of hydrogen-bond donors (Lipinski definition) is 0. The molecule has 0 aromatic heterocycles. The predicted molar refractivity (Wildman–Crippen MR) is 94.5 cm³/mol. The minimum Gasteiger partial charge on any atom is -0.449 e. The number of halogens is 2. The van der Waals surface area contributed by atoms with Crippen molar-refractivity contribution in [1.29, 1.82) is 0 Å². The molecule has 3 nitrogen and oxygen atoms in total. The van der Waals surface area contributed by atoms with E-state index in [1.165, 1.54) is 0 Å². The summed E-state index contributed by atoms with van der Waals surface area (Å²) in [5.74, 6) is -0.265. The molecule has 2 aromatic rings. The number of benzene rings is 2. The third kappa shape index (κ3) is 3.52. The summed E-state index contributed by atoms with van der Waals surface area (Å²) in [4.78, 5) is 14.5. The fourth-order valence-corrected chi connectivity index (χ4v) is 3.18. The van der Waals surface area contributed by atoms with Crippen LogP contribution in [0.5, 0.6) is 0 Å². The number of ether oxygens (including phenoxy) is 1. The number of cyclic esters (lactones) is 1. The third-order valence-electron chi connectivity index (χ3n) is 3.94. The normalized spacial score (nSPS) is 19.7. The average Bonchev–Trinajstić information content (AvgIpc) is 2.47.